The fraction of sp³-hybridized carbons (Fsp3) is 0.222. The average Bonchev–Trinajstić information content (AvgIpc) is 3.10. The molecule has 3 rings (SSSR count). The number of aryl methyl sites for hydroxylation is 1. The van der Waals surface area contributed by atoms with Crippen LogP contribution in [0.25, 0.3) is 11.4 Å². The molecule has 0 saturated carbocycles. The number of halogens is 2. The Morgan fingerprint density at radius 2 is 2.07 bits per heavy atom. The highest BCUT2D eigenvalue weighted by Gasteiger charge is 2.23. The number of rotatable bonds is 7. The predicted molar refractivity (Wildman–Crippen MR) is 102 cm³/mol. The van der Waals surface area contributed by atoms with Gasteiger partial charge in [-0.1, -0.05) is 15.9 Å². The minimum atomic E-state index is -0.539. The Morgan fingerprint density at radius 1 is 1.29 bits per heavy atom. The number of nitrogens with zero attached hydrogens (tertiary/aromatic N) is 4. The lowest BCUT2D eigenvalue weighted by molar-refractivity contribution is -0.385. The average molecular weight is 451 g/mol. The van der Waals surface area contributed by atoms with E-state index in [1.54, 1.807) is 25.2 Å². The Bertz CT molecular complexity index is 1020. The van der Waals surface area contributed by atoms with E-state index in [0.29, 0.717) is 22.5 Å². The van der Waals surface area contributed by atoms with Crippen molar-refractivity contribution >= 4 is 21.6 Å². The lowest BCUT2D eigenvalue weighted by Crippen LogP contribution is -2.02. The molecular weight excluding hydrogens is 435 g/mol. The number of nitro groups is 1. The number of hydrogen-bond donors (Lipinski definition) is 0. The van der Waals surface area contributed by atoms with Crippen LogP contribution in [-0.2, 0) is 25.0 Å². The molecule has 0 N–H and O–H groups in total. The van der Waals surface area contributed by atoms with Crippen molar-refractivity contribution in [1.29, 1.82) is 0 Å². The third-order valence-corrected chi connectivity index (χ3v) is 4.40. The lowest BCUT2D eigenvalue weighted by Gasteiger charge is -2.11. The summed E-state index contributed by atoms with van der Waals surface area (Å²) in [6.07, 6.45) is 1.49. The molecule has 0 unspecified atom stereocenters. The van der Waals surface area contributed by atoms with Crippen molar-refractivity contribution in [2.45, 2.75) is 13.2 Å². The van der Waals surface area contributed by atoms with Crippen molar-refractivity contribution in [2.75, 3.05) is 7.11 Å². The van der Waals surface area contributed by atoms with Crippen LogP contribution >= 0.6 is 15.9 Å². The highest BCUT2D eigenvalue weighted by atomic mass is 79.9. The summed E-state index contributed by atoms with van der Waals surface area (Å²) in [6.45, 7) is 0.0545. The summed E-state index contributed by atoms with van der Waals surface area (Å²) in [5.41, 5.74) is 1.05. The SMILES string of the molecule is COc1c(-c2ncn(C)n2)cc(COCc2cc(Br)ccc2F)cc1[N+](=O)[O-]. The molecule has 8 nitrogen and oxygen atoms in total. The molecule has 3 aromatic rings. The minimum Gasteiger partial charge on any atom is -0.490 e. The molecule has 0 fully saturated rings. The van der Waals surface area contributed by atoms with Gasteiger partial charge in [0.05, 0.1) is 30.8 Å². The first-order valence-corrected chi connectivity index (χ1v) is 8.91. The van der Waals surface area contributed by atoms with E-state index in [1.165, 1.54) is 30.3 Å². The maximum absolute atomic E-state index is 13.8. The van der Waals surface area contributed by atoms with Crippen LogP contribution < -0.4 is 4.74 Å². The number of aromatic nitrogens is 3. The van der Waals surface area contributed by atoms with Crippen molar-refractivity contribution in [3.8, 4) is 17.1 Å². The number of nitro benzene ring substituents is 1. The van der Waals surface area contributed by atoms with Gasteiger partial charge in [0.1, 0.15) is 12.1 Å². The van der Waals surface area contributed by atoms with Crippen LogP contribution in [0.4, 0.5) is 10.1 Å². The standard InChI is InChI=1S/C18H16BrFN4O4/c1-23-10-21-18(22-23)14-5-11(6-16(24(25)26)17(14)27-2)8-28-9-12-7-13(19)3-4-15(12)20/h3-7,10H,8-9H2,1-2H3. The van der Waals surface area contributed by atoms with Gasteiger partial charge < -0.3 is 9.47 Å². The van der Waals surface area contributed by atoms with Crippen molar-refractivity contribution in [1.82, 2.24) is 14.8 Å². The molecule has 1 aromatic heterocycles. The lowest BCUT2D eigenvalue weighted by atomic mass is 10.1. The van der Waals surface area contributed by atoms with Gasteiger partial charge in [-0.2, -0.15) is 5.10 Å². The van der Waals surface area contributed by atoms with Crippen molar-refractivity contribution in [3.63, 3.8) is 0 Å². The summed E-state index contributed by atoms with van der Waals surface area (Å²) in [5.74, 6) is -0.0254. The van der Waals surface area contributed by atoms with Gasteiger partial charge in [-0.3, -0.25) is 14.8 Å². The van der Waals surface area contributed by atoms with Gasteiger partial charge >= 0.3 is 5.69 Å². The molecular formula is C18H16BrFN4O4. The monoisotopic (exact) mass is 450 g/mol. The van der Waals surface area contributed by atoms with E-state index < -0.39 is 4.92 Å². The van der Waals surface area contributed by atoms with E-state index in [-0.39, 0.29) is 30.5 Å². The number of hydrogen-bond acceptors (Lipinski definition) is 6. The second-order valence-electron chi connectivity index (χ2n) is 5.92. The van der Waals surface area contributed by atoms with Crippen LogP contribution in [0, 0.1) is 15.9 Å². The molecule has 10 heteroatoms. The van der Waals surface area contributed by atoms with Gasteiger partial charge in [0, 0.05) is 23.2 Å². The molecule has 0 saturated heterocycles. The van der Waals surface area contributed by atoms with Crippen LogP contribution in [0.15, 0.2) is 41.1 Å². The third kappa shape index (κ3) is 4.34. The zero-order chi connectivity index (χ0) is 20.3. The molecule has 0 bridgehead atoms. The molecule has 1 heterocycles. The Morgan fingerprint density at radius 3 is 2.71 bits per heavy atom. The predicted octanol–water partition coefficient (Wildman–Crippen LogP) is 4.02. The zero-order valence-electron chi connectivity index (χ0n) is 15.1. The maximum Gasteiger partial charge on any atom is 0.312 e. The van der Waals surface area contributed by atoms with Crippen molar-refractivity contribution < 1.29 is 18.8 Å². The summed E-state index contributed by atoms with van der Waals surface area (Å²) < 4.78 is 26.9. The summed E-state index contributed by atoms with van der Waals surface area (Å²) in [5, 5.41) is 15.7. The quantitative estimate of drug-likeness (QED) is 0.398. The topological polar surface area (TPSA) is 92.3 Å². The van der Waals surface area contributed by atoms with E-state index in [9.17, 15) is 14.5 Å². The summed E-state index contributed by atoms with van der Waals surface area (Å²) in [4.78, 5) is 15.1. The van der Waals surface area contributed by atoms with Crippen LogP contribution in [0.1, 0.15) is 11.1 Å². The van der Waals surface area contributed by atoms with Gasteiger partial charge in [0.25, 0.3) is 0 Å². The molecule has 0 spiro atoms. The van der Waals surface area contributed by atoms with E-state index in [1.807, 2.05) is 0 Å². The largest absolute Gasteiger partial charge is 0.490 e. The summed E-state index contributed by atoms with van der Waals surface area (Å²) in [6, 6.07) is 7.58. The molecule has 0 aliphatic carbocycles. The third-order valence-electron chi connectivity index (χ3n) is 3.90. The first kappa shape index (κ1) is 19.9. The fourth-order valence-corrected chi connectivity index (χ4v) is 3.08. The van der Waals surface area contributed by atoms with Gasteiger partial charge in [-0.25, -0.2) is 9.37 Å². The molecule has 0 atom stereocenters. The van der Waals surface area contributed by atoms with E-state index in [0.717, 1.165) is 4.47 Å². The normalized spacial score (nSPS) is 10.9. The molecule has 146 valence electrons. The highest BCUT2D eigenvalue weighted by Crippen LogP contribution is 2.37. The van der Waals surface area contributed by atoms with Gasteiger partial charge in [0.15, 0.2) is 5.82 Å². The van der Waals surface area contributed by atoms with Gasteiger partial charge in [0.2, 0.25) is 5.75 Å². The first-order valence-electron chi connectivity index (χ1n) is 8.12. The van der Waals surface area contributed by atoms with E-state index in [4.69, 9.17) is 9.47 Å². The fourth-order valence-electron chi connectivity index (χ4n) is 2.67. The molecule has 0 radical (unpaired) electrons. The number of methoxy groups -OCH3 is 1. The molecule has 0 aliphatic rings. The number of benzene rings is 2. The van der Waals surface area contributed by atoms with Gasteiger partial charge in [-0.05, 0) is 29.8 Å². The molecule has 0 aliphatic heterocycles. The zero-order valence-corrected chi connectivity index (χ0v) is 16.6. The molecule has 2 aromatic carbocycles. The minimum absolute atomic E-state index is 0.0161. The smallest absolute Gasteiger partial charge is 0.312 e. The number of ether oxygens (including phenoxy) is 2. The Balaban J connectivity index is 1.89. The summed E-state index contributed by atoms with van der Waals surface area (Å²) in [7, 11) is 3.04. The van der Waals surface area contributed by atoms with E-state index in [2.05, 4.69) is 26.0 Å². The van der Waals surface area contributed by atoms with Crippen molar-refractivity contribution in [3.05, 3.63) is 68.2 Å². The highest BCUT2D eigenvalue weighted by molar-refractivity contribution is 9.10. The Hall–Kier alpha value is -2.85. The second-order valence-corrected chi connectivity index (χ2v) is 6.84. The molecule has 0 amide bonds. The van der Waals surface area contributed by atoms with E-state index >= 15 is 0 Å². The Labute approximate surface area is 168 Å². The van der Waals surface area contributed by atoms with Crippen LogP contribution in [0.3, 0.4) is 0 Å². The van der Waals surface area contributed by atoms with Crippen molar-refractivity contribution in [2.24, 2.45) is 7.05 Å². The Kier molecular flexibility index (Phi) is 6.00. The van der Waals surface area contributed by atoms with Crippen LogP contribution in [0.2, 0.25) is 0 Å². The first-order chi connectivity index (χ1) is 13.4. The molecule has 28 heavy (non-hydrogen) atoms. The second kappa shape index (κ2) is 8.44. The van der Waals surface area contributed by atoms with Crippen LogP contribution in [0.5, 0.6) is 5.75 Å². The van der Waals surface area contributed by atoms with Gasteiger partial charge in [-0.15, -0.1) is 0 Å². The van der Waals surface area contributed by atoms with Crippen LogP contribution in [-0.4, -0.2) is 26.8 Å². The summed E-state index contributed by atoms with van der Waals surface area (Å²) >= 11 is 3.28. The maximum atomic E-state index is 13.8.